The maximum atomic E-state index is 9.64. The lowest BCUT2D eigenvalue weighted by Gasteiger charge is -2.27. The number of hydrogen-bond donors (Lipinski definition) is 2. The van der Waals surface area contributed by atoms with E-state index in [9.17, 15) is 5.11 Å². The summed E-state index contributed by atoms with van der Waals surface area (Å²) in [6.45, 7) is 2.77. The van der Waals surface area contributed by atoms with E-state index in [0.717, 1.165) is 29.9 Å². The molecule has 0 spiro atoms. The van der Waals surface area contributed by atoms with Crippen molar-refractivity contribution in [1.82, 2.24) is 10.3 Å². The zero-order valence-electron chi connectivity index (χ0n) is 12.4. The first-order valence-electron chi connectivity index (χ1n) is 7.60. The van der Waals surface area contributed by atoms with Gasteiger partial charge in [-0.25, -0.2) is 4.98 Å². The lowest BCUT2D eigenvalue weighted by Crippen LogP contribution is -2.45. The van der Waals surface area contributed by atoms with Crippen molar-refractivity contribution in [2.75, 3.05) is 6.61 Å². The molecule has 21 heavy (non-hydrogen) atoms. The molecule has 1 saturated carbocycles. The summed E-state index contributed by atoms with van der Waals surface area (Å²) in [7, 11) is 0. The molecule has 0 radical (unpaired) electrons. The third-order valence-corrected chi connectivity index (χ3v) is 4.41. The van der Waals surface area contributed by atoms with E-state index in [1.165, 1.54) is 12.8 Å². The van der Waals surface area contributed by atoms with E-state index >= 15 is 0 Å². The summed E-state index contributed by atoms with van der Waals surface area (Å²) < 4.78 is 5.77. The molecule has 1 fully saturated rings. The van der Waals surface area contributed by atoms with Crippen LogP contribution in [0.15, 0.2) is 34.7 Å². The molecule has 0 amide bonds. The molecule has 0 atom stereocenters. The predicted molar refractivity (Wildman–Crippen MR) is 81.8 cm³/mol. The first-order valence-corrected chi connectivity index (χ1v) is 7.60. The zero-order chi connectivity index (χ0) is 14.7. The fraction of sp³-hybridized carbons (Fsp3) is 0.471. The Morgan fingerprint density at radius 3 is 2.62 bits per heavy atom. The molecule has 3 rings (SSSR count). The monoisotopic (exact) mass is 286 g/mol. The Labute approximate surface area is 125 Å². The molecule has 112 valence electrons. The van der Waals surface area contributed by atoms with Gasteiger partial charge in [-0.2, -0.15) is 0 Å². The summed E-state index contributed by atoms with van der Waals surface area (Å²) in [4.78, 5) is 4.60. The standard InChI is InChI=1S/C17H22N2O2/c1-13-15(11-18-17(12-20)9-5-6-10-17)19-16(21-13)14-7-3-2-4-8-14/h2-4,7-8,18,20H,5-6,9-12H2,1H3. The zero-order valence-corrected chi connectivity index (χ0v) is 12.4. The molecule has 2 aromatic rings. The Bertz CT molecular complexity index is 586. The van der Waals surface area contributed by atoms with Gasteiger partial charge in [-0.05, 0) is 31.9 Å². The largest absolute Gasteiger partial charge is 0.441 e. The van der Waals surface area contributed by atoms with Crippen molar-refractivity contribution in [2.24, 2.45) is 0 Å². The Morgan fingerprint density at radius 2 is 1.95 bits per heavy atom. The van der Waals surface area contributed by atoms with Crippen LogP contribution >= 0.6 is 0 Å². The maximum absolute atomic E-state index is 9.64. The third-order valence-electron chi connectivity index (χ3n) is 4.41. The highest BCUT2D eigenvalue weighted by Crippen LogP contribution is 2.30. The van der Waals surface area contributed by atoms with Crippen LogP contribution in [0.2, 0.25) is 0 Å². The Kier molecular flexibility index (Phi) is 4.08. The van der Waals surface area contributed by atoms with Crippen LogP contribution in [0.5, 0.6) is 0 Å². The van der Waals surface area contributed by atoms with E-state index in [-0.39, 0.29) is 12.1 Å². The van der Waals surface area contributed by atoms with E-state index in [1.807, 2.05) is 37.3 Å². The van der Waals surface area contributed by atoms with Crippen molar-refractivity contribution in [3.63, 3.8) is 0 Å². The van der Waals surface area contributed by atoms with Crippen molar-refractivity contribution in [1.29, 1.82) is 0 Å². The smallest absolute Gasteiger partial charge is 0.226 e. The summed E-state index contributed by atoms with van der Waals surface area (Å²) in [5, 5.41) is 13.1. The van der Waals surface area contributed by atoms with Gasteiger partial charge in [0.2, 0.25) is 5.89 Å². The highest BCUT2D eigenvalue weighted by molar-refractivity contribution is 5.53. The molecule has 4 nitrogen and oxygen atoms in total. The van der Waals surface area contributed by atoms with Crippen molar-refractivity contribution >= 4 is 0 Å². The van der Waals surface area contributed by atoms with Gasteiger partial charge in [-0.15, -0.1) is 0 Å². The molecule has 1 aromatic heterocycles. The quantitative estimate of drug-likeness (QED) is 0.887. The summed E-state index contributed by atoms with van der Waals surface area (Å²) in [6, 6.07) is 9.92. The molecule has 0 bridgehead atoms. The molecule has 1 aromatic carbocycles. The van der Waals surface area contributed by atoms with E-state index in [2.05, 4.69) is 10.3 Å². The van der Waals surface area contributed by atoms with Crippen molar-refractivity contribution in [2.45, 2.75) is 44.7 Å². The van der Waals surface area contributed by atoms with Gasteiger partial charge in [-0.3, -0.25) is 0 Å². The van der Waals surface area contributed by atoms with Crippen LogP contribution in [0.4, 0.5) is 0 Å². The van der Waals surface area contributed by atoms with Gasteiger partial charge >= 0.3 is 0 Å². The second-order valence-corrected chi connectivity index (χ2v) is 5.89. The second-order valence-electron chi connectivity index (χ2n) is 5.89. The van der Waals surface area contributed by atoms with Crippen molar-refractivity contribution < 1.29 is 9.52 Å². The Balaban J connectivity index is 1.73. The summed E-state index contributed by atoms with van der Waals surface area (Å²) >= 11 is 0. The number of aromatic nitrogens is 1. The number of aliphatic hydroxyl groups is 1. The van der Waals surface area contributed by atoms with Gasteiger partial charge < -0.3 is 14.8 Å². The summed E-state index contributed by atoms with van der Waals surface area (Å²) in [5.74, 6) is 1.50. The Morgan fingerprint density at radius 1 is 1.24 bits per heavy atom. The van der Waals surface area contributed by atoms with Crippen LogP contribution < -0.4 is 5.32 Å². The van der Waals surface area contributed by atoms with Crippen LogP contribution in [-0.2, 0) is 6.54 Å². The molecular weight excluding hydrogens is 264 g/mol. The number of hydrogen-bond acceptors (Lipinski definition) is 4. The SMILES string of the molecule is Cc1oc(-c2ccccc2)nc1CNC1(CO)CCCC1. The van der Waals surface area contributed by atoms with Gasteiger partial charge in [0.1, 0.15) is 5.76 Å². The molecule has 1 aliphatic rings. The number of rotatable bonds is 5. The average Bonchev–Trinajstić information content (AvgIpc) is 3.14. The molecule has 0 unspecified atom stereocenters. The number of oxazole rings is 1. The first kappa shape index (κ1) is 14.3. The maximum Gasteiger partial charge on any atom is 0.226 e. The highest BCUT2D eigenvalue weighted by Gasteiger charge is 2.32. The number of nitrogens with one attached hydrogen (secondary N) is 1. The Hall–Kier alpha value is -1.65. The van der Waals surface area contributed by atoms with Crippen LogP contribution in [0, 0.1) is 6.92 Å². The van der Waals surface area contributed by atoms with Gasteiger partial charge in [0.25, 0.3) is 0 Å². The van der Waals surface area contributed by atoms with Gasteiger partial charge in [-0.1, -0.05) is 31.0 Å². The fourth-order valence-electron chi connectivity index (χ4n) is 3.01. The number of nitrogens with zero attached hydrogens (tertiary/aromatic N) is 1. The van der Waals surface area contributed by atoms with Gasteiger partial charge in [0.05, 0.1) is 12.3 Å². The number of aliphatic hydroxyl groups excluding tert-OH is 1. The lowest BCUT2D eigenvalue weighted by molar-refractivity contribution is 0.162. The van der Waals surface area contributed by atoms with E-state index in [4.69, 9.17) is 4.42 Å². The molecule has 1 heterocycles. The van der Waals surface area contributed by atoms with Crippen molar-refractivity contribution in [3.8, 4) is 11.5 Å². The first-order chi connectivity index (χ1) is 10.2. The highest BCUT2D eigenvalue weighted by atomic mass is 16.4. The van der Waals surface area contributed by atoms with Gasteiger partial charge in [0.15, 0.2) is 0 Å². The van der Waals surface area contributed by atoms with Crippen LogP contribution in [0.25, 0.3) is 11.5 Å². The molecule has 1 aliphatic carbocycles. The van der Waals surface area contributed by atoms with Gasteiger partial charge in [0, 0.05) is 17.6 Å². The average molecular weight is 286 g/mol. The molecule has 0 saturated heterocycles. The molecule has 4 heteroatoms. The van der Waals surface area contributed by atoms with E-state index < -0.39 is 0 Å². The minimum atomic E-state index is -0.127. The van der Waals surface area contributed by atoms with Crippen molar-refractivity contribution in [3.05, 3.63) is 41.8 Å². The summed E-state index contributed by atoms with van der Waals surface area (Å²) in [6.07, 6.45) is 4.43. The number of benzene rings is 1. The normalized spacial score (nSPS) is 17.2. The van der Waals surface area contributed by atoms with E-state index in [0.29, 0.717) is 12.4 Å². The fourth-order valence-corrected chi connectivity index (χ4v) is 3.01. The minimum Gasteiger partial charge on any atom is -0.441 e. The minimum absolute atomic E-state index is 0.127. The van der Waals surface area contributed by atoms with Crippen LogP contribution in [-0.4, -0.2) is 22.2 Å². The molecule has 2 N–H and O–H groups in total. The second kappa shape index (κ2) is 6.00. The third kappa shape index (κ3) is 3.01. The van der Waals surface area contributed by atoms with Crippen LogP contribution in [0.1, 0.15) is 37.1 Å². The molecule has 0 aliphatic heterocycles. The summed E-state index contributed by atoms with van der Waals surface area (Å²) in [5.41, 5.74) is 1.79. The number of aryl methyl sites for hydroxylation is 1. The lowest BCUT2D eigenvalue weighted by atomic mass is 9.99. The van der Waals surface area contributed by atoms with Crippen LogP contribution in [0.3, 0.4) is 0 Å². The van der Waals surface area contributed by atoms with E-state index in [1.54, 1.807) is 0 Å². The molecular formula is C17H22N2O2. The predicted octanol–water partition coefficient (Wildman–Crippen LogP) is 3.04. The topological polar surface area (TPSA) is 58.3 Å².